The van der Waals surface area contributed by atoms with Crippen LogP contribution in [-0.4, -0.2) is 37.3 Å². The van der Waals surface area contributed by atoms with Crippen molar-refractivity contribution in [3.05, 3.63) is 76.3 Å². The molecule has 0 unspecified atom stereocenters. The van der Waals surface area contributed by atoms with Crippen LogP contribution in [0.15, 0.2) is 48.5 Å². The van der Waals surface area contributed by atoms with E-state index in [1.165, 1.54) is 0 Å². The Bertz CT molecular complexity index is 1300. The number of anilines is 2. The highest BCUT2D eigenvalue weighted by atomic mass is 35.5. The second-order valence-electron chi connectivity index (χ2n) is 8.12. The van der Waals surface area contributed by atoms with Crippen LogP contribution in [0, 0.1) is 13.8 Å². The van der Waals surface area contributed by atoms with Crippen molar-refractivity contribution in [2.24, 2.45) is 0 Å². The summed E-state index contributed by atoms with van der Waals surface area (Å²) in [6, 6.07) is 15.1. The molecule has 0 spiro atoms. The third-order valence-corrected chi connectivity index (χ3v) is 5.90. The highest BCUT2D eigenvalue weighted by Crippen LogP contribution is 2.33. The van der Waals surface area contributed by atoms with E-state index in [2.05, 4.69) is 20.3 Å². The number of carbonyl (C=O) groups is 1. The summed E-state index contributed by atoms with van der Waals surface area (Å²) in [4.78, 5) is 32.1. The first kappa shape index (κ1) is 20.5. The second-order valence-corrected chi connectivity index (χ2v) is 8.55. The monoisotopic (exact) mass is 446 g/mol. The van der Waals surface area contributed by atoms with Crippen molar-refractivity contribution < 1.29 is 4.79 Å². The van der Waals surface area contributed by atoms with Gasteiger partial charge in [0.1, 0.15) is 11.5 Å². The van der Waals surface area contributed by atoms with Gasteiger partial charge >= 0.3 is 0 Å². The van der Waals surface area contributed by atoms with Crippen LogP contribution < -0.4 is 5.32 Å². The molecule has 0 saturated carbocycles. The summed E-state index contributed by atoms with van der Waals surface area (Å²) in [6.07, 6.45) is 1.80. The lowest BCUT2D eigenvalue weighted by Crippen LogP contribution is -2.31. The number of amides is 1. The SMILES string of the molecule is Cc1cc(C)nc(Nc2cccc([C@H]3CCCN3C(=O)c3cc4ccc(Cl)cc4[nH]3)n2)n1. The predicted octanol–water partition coefficient (Wildman–Crippen LogP) is 5.34. The molecule has 0 bridgehead atoms. The van der Waals surface area contributed by atoms with Crippen molar-refractivity contribution in [2.75, 3.05) is 11.9 Å². The number of H-pyrrole nitrogens is 1. The molecule has 3 aromatic heterocycles. The Hall–Kier alpha value is -3.45. The van der Waals surface area contributed by atoms with Crippen molar-refractivity contribution in [1.29, 1.82) is 0 Å². The number of carbonyl (C=O) groups excluding carboxylic acids is 1. The van der Waals surface area contributed by atoms with Crippen LogP contribution in [0.2, 0.25) is 5.02 Å². The number of aromatic nitrogens is 4. The molecule has 1 aromatic carbocycles. The summed E-state index contributed by atoms with van der Waals surface area (Å²) >= 11 is 6.09. The van der Waals surface area contributed by atoms with E-state index in [4.69, 9.17) is 16.6 Å². The minimum absolute atomic E-state index is 0.0300. The second kappa shape index (κ2) is 8.24. The number of aromatic amines is 1. The van der Waals surface area contributed by atoms with Gasteiger partial charge in [0.25, 0.3) is 5.91 Å². The summed E-state index contributed by atoms with van der Waals surface area (Å²) in [7, 11) is 0. The van der Waals surface area contributed by atoms with Gasteiger partial charge in [-0.05, 0) is 63.1 Å². The summed E-state index contributed by atoms with van der Waals surface area (Å²) < 4.78 is 0. The number of aryl methyl sites for hydroxylation is 2. The van der Waals surface area contributed by atoms with Crippen LogP contribution in [0.25, 0.3) is 10.9 Å². The van der Waals surface area contributed by atoms with Gasteiger partial charge in [-0.15, -0.1) is 0 Å². The molecule has 5 rings (SSSR count). The van der Waals surface area contributed by atoms with Gasteiger partial charge in [0.05, 0.1) is 11.7 Å². The smallest absolute Gasteiger partial charge is 0.270 e. The van der Waals surface area contributed by atoms with E-state index in [1.54, 1.807) is 0 Å². The zero-order valence-electron chi connectivity index (χ0n) is 17.9. The standard InChI is InChI=1S/C24H23ClN6O/c1-14-11-15(2)27-24(26-14)30-22-7-3-5-18(29-22)21-6-4-10-31(21)23(32)20-12-16-8-9-17(25)13-19(16)28-20/h3,5,7-9,11-13,21,28H,4,6,10H2,1-2H3,(H,26,27,29,30)/t21-/m1/s1. The lowest BCUT2D eigenvalue weighted by atomic mass is 10.1. The van der Waals surface area contributed by atoms with Crippen LogP contribution in [0.5, 0.6) is 0 Å². The molecule has 1 amide bonds. The molecule has 1 saturated heterocycles. The van der Waals surface area contributed by atoms with E-state index < -0.39 is 0 Å². The molecule has 32 heavy (non-hydrogen) atoms. The fourth-order valence-electron chi connectivity index (χ4n) is 4.29. The predicted molar refractivity (Wildman–Crippen MR) is 125 cm³/mol. The van der Waals surface area contributed by atoms with Crippen molar-refractivity contribution >= 4 is 40.2 Å². The van der Waals surface area contributed by atoms with Crippen molar-refractivity contribution in [3.63, 3.8) is 0 Å². The molecule has 1 fully saturated rings. The quantitative estimate of drug-likeness (QED) is 0.441. The molecule has 7 nitrogen and oxygen atoms in total. The number of halogens is 1. The Kier molecular flexibility index (Phi) is 5.27. The van der Waals surface area contributed by atoms with Gasteiger partial charge < -0.3 is 15.2 Å². The van der Waals surface area contributed by atoms with E-state index in [-0.39, 0.29) is 11.9 Å². The normalized spacial score (nSPS) is 16.0. The van der Waals surface area contributed by atoms with Crippen LogP contribution in [-0.2, 0) is 0 Å². The lowest BCUT2D eigenvalue weighted by molar-refractivity contribution is 0.0728. The average Bonchev–Trinajstić information content (AvgIpc) is 3.39. The van der Waals surface area contributed by atoms with E-state index in [0.29, 0.717) is 29.0 Å². The molecule has 4 aromatic rings. The van der Waals surface area contributed by atoms with Gasteiger partial charge in [-0.2, -0.15) is 0 Å². The number of nitrogens with one attached hydrogen (secondary N) is 2. The first-order chi connectivity index (χ1) is 15.5. The number of pyridine rings is 1. The molecule has 0 radical (unpaired) electrons. The first-order valence-corrected chi connectivity index (χ1v) is 11.0. The molecular weight excluding hydrogens is 424 g/mol. The van der Waals surface area contributed by atoms with Gasteiger partial charge in [-0.3, -0.25) is 4.79 Å². The Balaban J connectivity index is 1.40. The van der Waals surface area contributed by atoms with Crippen molar-refractivity contribution in [1.82, 2.24) is 24.8 Å². The minimum Gasteiger partial charge on any atom is -0.350 e. The molecule has 162 valence electrons. The van der Waals surface area contributed by atoms with E-state index >= 15 is 0 Å². The van der Waals surface area contributed by atoms with Crippen molar-refractivity contribution in [2.45, 2.75) is 32.7 Å². The third kappa shape index (κ3) is 4.03. The van der Waals surface area contributed by atoms with Crippen molar-refractivity contribution in [3.8, 4) is 0 Å². The maximum Gasteiger partial charge on any atom is 0.270 e. The Morgan fingerprint density at radius 2 is 1.91 bits per heavy atom. The number of nitrogens with zero attached hydrogens (tertiary/aromatic N) is 4. The Morgan fingerprint density at radius 1 is 1.09 bits per heavy atom. The van der Waals surface area contributed by atoms with Crippen LogP contribution in [0.1, 0.15) is 46.5 Å². The zero-order chi connectivity index (χ0) is 22.2. The number of benzene rings is 1. The summed E-state index contributed by atoms with van der Waals surface area (Å²) in [5.41, 5.74) is 4.05. The number of hydrogen-bond acceptors (Lipinski definition) is 5. The Labute approximate surface area is 190 Å². The minimum atomic E-state index is -0.0839. The largest absolute Gasteiger partial charge is 0.350 e. The molecule has 1 atom stereocenters. The fourth-order valence-corrected chi connectivity index (χ4v) is 4.46. The third-order valence-electron chi connectivity index (χ3n) is 5.66. The van der Waals surface area contributed by atoms with Gasteiger partial charge in [0, 0.05) is 33.9 Å². The summed E-state index contributed by atoms with van der Waals surface area (Å²) in [5.74, 6) is 1.15. The zero-order valence-corrected chi connectivity index (χ0v) is 18.6. The van der Waals surface area contributed by atoms with E-state index in [9.17, 15) is 4.79 Å². The van der Waals surface area contributed by atoms with Crippen LogP contribution in [0.3, 0.4) is 0 Å². The maximum absolute atomic E-state index is 13.3. The summed E-state index contributed by atoms with van der Waals surface area (Å²) in [5, 5.41) is 4.79. The fraction of sp³-hybridized carbons (Fsp3) is 0.250. The highest BCUT2D eigenvalue weighted by molar-refractivity contribution is 6.31. The molecule has 4 heterocycles. The molecular formula is C24H23ClN6O. The number of hydrogen-bond donors (Lipinski definition) is 2. The molecule has 0 aliphatic carbocycles. The Morgan fingerprint density at radius 3 is 2.72 bits per heavy atom. The number of rotatable bonds is 4. The summed E-state index contributed by atoms with van der Waals surface area (Å²) in [6.45, 7) is 4.56. The van der Waals surface area contributed by atoms with Gasteiger partial charge in [0.15, 0.2) is 0 Å². The highest BCUT2D eigenvalue weighted by Gasteiger charge is 2.32. The molecule has 8 heteroatoms. The molecule has 1 aliphatic heterocycles. The van der Waals surface area contributed by atoms with E-state index in [1.807, 2.05) is 67.3 Å². The number of fused-ring (bicyclic) bond motifs is 1. The van der Waals surface area contributed by atoms with Crippen LogP contribution in [0.4, 0.5) is 11.8 Å². The van der Waals surface area contributed by atoms with E-state index in [0.717, 1.165) is 40.8 Å². The molecule has 1 aliphatic rings. The average molecular weight is 447 g/mol. The van der Waals surface area contributed by atoms with Crippen LogP contribution >= 0.6 is 11.6 Å². The maximum atomic E-state index is 13.3. The van der Waals surface area contributed by atoms with Gasteiger partial charge in [-0.1, -0.05) is 23.7 Å². The van der Waals surface area contributed by atoms with Gasteiger partial charge in [0.2, 0.25) is 5.95 Å². The van der Waals surface area contributed by atoms with Gasteiger partial charge in [-0.25, -0.2) is 15.0 Å². The first-order valence-electron chi connectivity index (χ1n) is 10.6. The number of likely N-dealkylation sites (tertiary alicyclic amines) is 1. The topological polar surface area (TPSA) is 86.8 Å². The lowest BCUT2D eigenvalue weighted by Gasteiger charge is -2.24. The molecule has 2 N–H and O–H groups in total.